The average Bonchev–Trinajstić information content (AvgIpc) is 2.82. The summed E-state index contributed by atoms with van der Waals surface area (Å²) in [5.41, 5.74) is 6.29. The smallest absolute Gasteiger partial charge is 0.230 e. The summed E-state index contributed by atoms with van der Waals surface area (Å²) in [6.07, 6.45) is 0. The SMILES string of the molecule is Cc1cc(C)c(C(=O)c2ccccc2P(=O)(C(=O)c2c(C)cc(C)cc2C)c2ccccc2)c(C)c1. The van der Waals surface area contributed by atoms with Gasteiger partial charge in [-0.3, -0.25) is 9.59 Å². The molecule has 4 aromatic carbocycles. The quantitative estimate of drug-likeness (QED) is 0.216. The molecule has 1 atom stereocenters. The van der Waals surface area contributed by atoms with E-state index < -0.39 is 12.7 Å². The van der Waals surface area contributed by atoms with Crippen LogP contribution in [0.3, 0.4) is 0 Å². The molecular formula is C32H31O3P. The fourth-order valence-corrected chi connectivity index (χ4v) is 8.09. The number of hydrogen-bond acceptors (Lipinski definition) is 3. The van der Waals surface area contributed by atoms with Crippen LogP contribution in [-0.4, -0.2) is 11.3 Å². The Labute approximate surface area is 213 Å². The van der Waals surface area contributed by atoms with Crippen molar-refractivity contribution in [3.63, 3.8) is 0 Å². The first-order chi connectivity index (χ1) is 17.1. The summed E-state index contributed by atoms with van der Waals surface area (Å²) < 4.78 is 15.2. The van der Waals surface area contributed by atoms with Crippen LogP contribution in [0.25, 0.3) is 0 Å². The number of aryl methyl sites for hydroxylation is 6. The highest BCUT2D eigenvalue weighted by molar-refractivity contribution is 7.93. The second-order valence-corrected chi connectivity index (χ2v) is 12.3. The molecule has 1 unspecified atom stereocenters. The van der Waals surface area contributed by atoms with Crippen LogP contribution in [0.4, 0.5) is 0 Å². The van der Waals surface area contributed by atoms with E-state index in [-0.39, 0.29) is 11.1 Å². The van der Waals surface area contributed by atoms with Gasteiger partial charge in [0.15, 0.2) is 5.78 Å². The van der Waals surface area contributed by atoms with Gasteiger partial charge in [0.1, 0.15) is 0 Å². The van der Waals surface area contributed by atoms with Crippen LogP contribution < -0.4 is 10.6 Å². The Balaban J connectivity index is 2.02. The molecule has 0 fully saturated rings. The third-order valence-corrected chi connectivity index (χ3v) is 9.58. The Morgan fingerprint density at radius 2 is 1.03 bits per heavy atom. The molecule has 4 heteroatoms. The lowest BCUT2D eigenvalue weighted by Gasteiger charge is -2.23. The van der Waals surface area contributed by atoms with Crippen molar-refractivity contribution in [1.82, 2.24) is 0 Å². The second kappa shape index (κ2) is 9.84. The average molecular weight is 495 g/mol. The fourth-order valence-electron chi connectivity index (χ4n) is 5.29. The molecule has 0 saturated carbocycles. The summed E-state index contributed by atoms with van der Waals surface area (Å²) in [6, 6.07) is 23.5. The van der Waals surface area contributed by atoms with Crippen LogP contribution in [0.1, 0.15) is 59.7 Å². The first kappa shape index (κ1) is 25.5. The predicted molar refractivity (Wildman–Crippen MR) is 149 cm³/mol. The first-order valence-electron chi connectivity index (χ1n) is 12.1. The molecule has 36 heavy (non-hydrogen) atoms. The third kappa shape index (κ3) is 4.40. The number of ketones is 1. The molecule has 0 saturated heterocycles. The molecule has 0 aliphatic heterocycles. The molecule has 4 aromatic rings. The maximum atomic E-state index is 15.2. The van der Waals surface area contributed by atoms with E-state index in [4.69, 9.17) is 0 Å². The van der Waals surface area contributed by atoms with Crippen LogP contribution in [0.15, 0.2) is 78.9 Å². The summed E-state index contributed by atoms with van der Waals surface area (Å²) in [6.45, 7) is 11.5. The van der Waals surface area contributed by atoms with Gasteiger partial charge in [0.25, 0.3) is 0 Å². The van der Waals surface area contributed by atoms with E-state index in [2.05, 4.69) is 0 Å². The molecule has 0 bridgehead atoms. The maximum Gasteiger partial charge on any atom is 0.230 e. The van der Waals surface area contributed by atoms with Crippen molar-refractivity contribution in [3.8, 4) is 0 Å². The lowest BCUT2D eigenvalue weighted by Crippen LogP contribution is -2.28. The van der Waals surface area contributed by atoms with Crippen molar-refractivity contribution in [2.45, 2.75) is 41.5 Å². The van der Waals surface area contributed by atoms with E-state index in [9.17, 15) is 9.59 Å². The predicted octanol–water partition coefficient (Wildman–Crippen LogP) is 6.92. The van der Waals surface area contributed by atoms with E-state index >= 15 is 4.57 Å². The van der Waals surface area contributed by atoms with Gasteiger partial charge in [-0.2, -0.15) is 0 Å². The highest BCUT2D eigenvalue weighted by Gasteiger charge is 2.40. The Hall–Kier alpha value is -3.55. The molecule has 0 radical (unpaired) electrons. The van der Waals surface area contributed by atoms with Gasteiger partial charge >= 0.3 is 0 Å². The van der Waals surface area contributed by atoms with Crippen LogP contribution in [0.5, 0.6) is 0 Å². The van der Waals surface area contributed by atoms with Crippen LogP contribution in [0, 0.1) is 41.5 Å². The van der Waals surface area contributed by atoms with Gasteiger partial charge in [0.2, 0.25) is 12.7 Å². The van der Waals surface area contributed by atoms with E-state index in [1.807, 2.05) is 71.9 Å². The number of rotatable bonds is 6. The van der Waals surface area contributed by atoms with Crippen molar-refractivity contribution in [1.29, 1.82) is 0 Å². The summed E-state index contributed by atoms with van der Waals surface area (Å²) in [5.74, 6) is -0.220. The molecule has 0 heterocycles. The highest BCUT2D eigenvalue weighted by Crippen LogP contribution is 2.49. The molecule has 182 valence electrons. The normalized spacial score (nSPS) is 12.7. The second-order valence-electron chi connectivity index (χ2n) is 9.64. The molecule has 3 nitrogen and oxygen atoms in total. The van der Waals surface area contributed by atoms with Gasteiger partial charge in [-0.05, 0) is 69.9 Å². The van der Waals surface area contributed by atoms with Gasteiger partial charge in [0, 0.05) is 27.3 Å². The zero-order valence-corrected chi connectivity index (χ0v) is 22.6. The Morgan fingerprint density at radius 3 is 1.56 bits per heavy atom. The van der Waals surface area contributed by atoms with Crippen LogP contribution >= 0.6 is 7.14 Å². The van der Waals surface area contributed by atoms with Crippen LogP contribution in [-0.2, 0) is 4.57 Å². The van der Waals surface area contributed by atoms with Crippen molar-refractivity contribution >= 4 is 29.1 Å². The topological polar surface area (TPSA) is 51.2 Å². The lowest BCUT2D eigenvalue weighted by molar-refractivity contribution is 0.103. The maximum absolute atomic E-state index is 15.2. The van der Waals surface area contributed by atoms with E-state index in [0.717, 1.165) is 33.4 Å². The summed E-state index contributed by atoms with van der Waals surface area (Å²) >= 11 is 0. The minimum absolute atomic E-state index is 0.220. The van der Waals surface area contributed by atoms with E-state index in [0.29, 0.717) is 22.0 Å². The Morgan fingerprint density at radius 1 is 0.583 bits per heavy atom. The van der Waals surface area contributed by atoms with Gasteiger partial charge in [-0.1, -0.05) is 83.9 Å². The van der Waals surface area contributed by atoms with Gasteiger partial charge < -0.3 is 4.57 Å². The minimum atomic E-state index is -3.92. The molecule has 0 aliphatic carbocycles. The van der Waals surface area contributed by atoms with Gasteiger partial charge in [-0.25, -0.2) is 0 Å². The zero-order valence-electron chi connectivity index (χ0n) is 21.7. The summed E-state index contributed by atoms with van der Waals surface area (Å²) in [7, 11) is -3.92. The molecule has 4 rings (SSSR count). The molecule has 0 aromatic heterocycles. The number of carbonyl (C=O) groups excluding carboxylic acids is 2. The van der Waals surface area contributed by atoms with E-state index in [1.165, 1.54) is 0 Å². The van der Waals surface area contributed by atoms with Crippen molar-refractivity contribution < 1.29 is 14.2 Å². The Kier molecular flexibility index (Phi) is 6.98. The third-order valence-electron chi connectivity index (χ3n) is 6.69. The standard InChI is InChI=1S/C32H31O3P/c1-20-16-22(3)29(23(4)17-20)31(33)27-14-10-11-15-28(27)36(35,26-12-8-7-9-13-26)32(34)30-24(5)18-21(2)19-25(30)6/h7-19H,1-6H3. The minimum Gasteiger partial charge on any atom is -0.305 e. The molecule has 0 amide bonds. The van der Waals surface area contributed by atoms with Crippen LogP contribution in [0.2, 0.25) is 0 Å². The summed E-state index contributed by atoms with van der Waals surface area (Å²) in [5, 5.41) is 0.705. The fraction of sp³-hybridized carbons (Fsp3) is 0.188. The monoisotopic (exact) mass is 494 g/mol. The Bertz CT molecular complexity index is 1500. The van der Waals surface area contributed by atoms with Crippen molar-refractivity contribution in [3.05, 3.63) is 129 Å². The van der Waals surface area contributed by atoms with E-state index in [1.54, 1.807) is 48.5 Å². The number of hydrogen-bond donors (Lipinski definition) is 0. The number of carbonyl (C=O) groups is 2. The van der Waals surface area contributed by atoms with Gasteiger partial charge in [-0.15, -0.1) is 0 Å². The lowest BCUT2D eigenvalue weighted by atomic mass is 9.93. The molecule has 0 aliphatic rings. The molecule has 0 spiro atoms. The van der Waals surface area contributed by atoms with Gasteiger partial charge in [0.05, 0.1) is 0 Å². The first-order valence-corrected chi connectivity index (χ1v) is 13.8. The molecule has 0 N–H and O–H groups in total. The van der Waals surface area contributed by atoms with Crippen molar-refractivity contribution in [2.24, 2.45) is 0 Å². The van der Waals surface area contributed by atoms with Crippen molar-refractivity contribution in [2.75, 3.05) is 0 Å². The highest BCUT2D eigenvalue weighted by atomic mass is 31.2. The largest absolute Gasteiger partial charge is 0.305 e. The molecular weight excluding hydrogens is 463 g/mol. The number of benzene rings is 4. The zero-order chi connectivity index (χ0) is 26.2. The summed E-state index contributed by atoms with van der Waals surface area (Å²) in [4.78, 5) is 28.3.